The third kappa shape index (κ3) is 5.09. The molecule has 0 fully saturated rings. The second-order valence-electron chi connectivity index (χ2n) is 4.20. The van der Waals surface area contributed by atoms with Crippen LogP contribution in [0.1, 0.15) is 23.7 Å². The van der Waals surface area contributed by atoms with Gasteiger partial charge in [0, 0.05) is 12.7 Å². The van der Waals surface area contributed by atoms with E-state index < -0.39 is 18.0 Å². The number of urea groups is 1. The van der Waals surface area contributed by atoms with Crippen molar-refractivity contribution >= 4 is 23.7 Å². The molecule has 0 bridgehead atoms. The molecule has 8 heteroatoms. The normalized spacial score (nSPS) is 9.81. The Kier molecular flexibility index (Phi) is 6.12. The molecule has 114 valence electrons. The van der Waals surface area contributed by atoms with E-state index in [0.29, 0.717) is 13.0 Å². The number of nitrogens with zero attached hydrogens (tertiary/aromatic N) is 2. The SMILES string of the molecule is CCCN(CC(=O)OC)C(=O)Nc1cncc(C(=O)O)c1. The lowest BCUT2D eigenvalue weighted by Gasteiger charge is -2.21. The first kappa shape index (κ1) is 16.4. The van der Waals surface area contributed by atoms with Crippen molar-refractivity contribution in [3.8, 4) is 0 Å². The number of hydrogen-bond acceptors (Lipinski definition) is 5. The second kappa shape index (κ2) is 7.83. The van der Waals surface area contributed by atoms with Crippen LogP contribution in [0.25, 0.3) is 0 Å². The van der Waals surface area contributed by atoms with Gasteiger partial charge in [0.25, 0.3) is 0 Å². The molecule has 8 nitrogen and oxygen atoms in total. The fourth-order valence-corrected chi connectivity index (χ4v) is 1.57. The molecule has 2 amide bonds. The van der Waals surface area contributed by atoms with Crippen molar-refractivity contribution in [1.29, 1.82) is 0 Å². The molecule has 0 aromatic carbocycles. The number of hydrogen-bond donors (Lipinski definition) is 2. The van der Waals surface area contributed by atoms with Crippen LogP contribution in [0, 0.1) is 0 Å². The van der Waals surface area contributed by atoms with Gasteiger partial charge in [-0.15, -0.1) is 0 Å². The maximum Gasteiger partial charge on any atom is 0.337 e. The lowest BCUT2D eigenvalue weighted by molar-refractivity contribution is -0.141. The summed E-state index contributed by atoms with van der Waals surface area (Å²) in [6.07, 6.45) is 3.17. The van der Waals surface area contributed by atoms with Crippen LogP contribution in [-0.4, -0.2) is 53.2 Å². The van der Waals surface area contributed by atoms with E-state index in [1.54, 1.807) is 0 Å². The number of anilines is 1. The van der Waals surface area contributed by atoms with Crippen molar-refractivity contribution in [3.05, 3.63) is 24.0 Å². The molecular weight excluding hydrogens is 278 g/mol. The molecule has 1 aromatic rings. The van der Waals surface area contributed by atoms with E-state index in [1.807, 2.05) is 6.92 Å². The summed E-state index contributed by atoms with van der Waals surface area (Å²) in [6, 6.07) is 0.766. The zero-order chi connectivity index (χ0) is 15.8. The van der Waals surface area contributed by atoms with Gasteiger partial charge in [-0.2, -0.15) is 0 Å². The highest BCUT2D eigenvalue weighted by atomic mass is 16.5. The van der Waals surface area contributed by atoms with Gasteiger partial charge in [-0.05, 0) is 12.5 Å². The summed E-state index contributed by atoms with van der Waals surface area (Å²) in [6.45, 7) is 2.05. The molecule has 0 atom stereocenters. The number of aromatic carboxylic acids is 1. The number of carboxylic acid groups (broad SMARTS) is 1. The van der Waals surface area contributed by atoms with Crippen molar-refractivity contribution in [2.45, 2.75) is 13.3 Å². The molecule has 0 aliphatic heterocycles. The molecule has 0 aliphatic rings. The Morgan fingerprint density at radius 1 is 1.38 bits per heavy atom. The summed E-state index contributed by atoms with van der Waals surface area (Å²) in [5.74, 6) is -1.67. The van der Waals surface area contributed by atoms with Crippen LogP contribution in [0.3, 0.4) is 0 Å². The molecule has 0 aliphatic carbocycles. The summed E-state index contributed by atoms with van der Waals surface area (Å²) in [5, 5.41) is 11.4. The smallest absolute Gasteiger partial charge is 0.337 e. The molecular formula is C13H17N3O5. The summed E-state index contributed by atoms with van der Waals surface area (Å²) in [7, 11) is 1.24. The van der Waals surface area contributed by atoms with Crippen LogP contribution < -0.4 is 5.32 Å². The van der Waals surface area contributed by atoms with E-state index in [4.69, 9.17) is 5.11 Å². The minimum Gasteiger partial charge on any atom is -0.478 e. The van der Waals surface area contributed by atoms with Crippen LogP contribution in [0.15, 0.2) is 18.5 Å². The maximum atomic E-state index is 12.1. The number of carbonyl (C=O) groups excluding carboxylic acids is 2. The average molecular weight is 295 g/mol. The van der Waals surface area contributed by atoms with Crippen molar-refractivity contribution in [2.75, 3.05) is 25.5 Å². The van der Waals surface area contributed by atoms with E-state index >= 15 is 0 Å². The Hall–Kier alpha value is -2.64. The van der Waals surface area contributed by atoms with E-state index in [9.17, 15) is 14.4 Å². The predicted octanol–water partition coefficient (Wildman–Crippen LogP) is 1.20. The first-order valence-corrected chi connectivity index (χ1v) is 6.29. The highest BCUT2D eigenvalue weighted by Crippen LogP contribution is 2.09. The number of esters is 1. The molecule has 2 N–H and O–H groups in total. The van der Waals surface area contributed by atoms with Crippen molar-refractivity contribution in [2.24, 2.45) is 0 Å². The van der Waals surface area contributed by atoms with E-state index in [-0.39, 0.29) is 17.8 Å². The molecule has 21 heavy (non-hydrogen) atoms. The highest BCUT2D eigenvalue weighted by molar-refractivity contribution is 5.93. The first-order chi connectivity index (χ1) is 9.97. The predicted molar refractivity (Wildman–Crippen MR) is 74.1 cm³/mol. The lowest BCUT2D eigenvalue weighted by atomic mass is 10.2. The molecule has 0 saturated carbocycles. The number of nitrogens with one attached hydrogen (secondary N) is 1. The third-order valence-corrected chi connectivity index (χ3v) is 2.56. The fraction of sp³-hybridized carbons (Fsp3) is 0.385. The fourth-order valence-electron chi connectivity index (χ4n) is 1.57. The standard InChI is InChI=1S/C13H17N3O5/c1-3-4-16(8-11(17)21-2)13(20)15-10-5-9(12(18)19)6-14-7-10/h5-7H,3-4,8H2,1-2H3,(H,15,20)(H,18,19). The van der Waals surface area contributed by atoms with Gasteiger partial charge in [0.15, 0.2) is 0 Å². The van der Waals surface area contributed by atoms with Crippen molar-refractivity contribution in [1.82, 2.24) is 9.88 Å². The number of pyridine rings is 1. The molecule has 0 spiro atoms. The van der Waals surface area contributed by atoms with Gasteiger partial charge in [0.05, 0.1) is 24.6 Å². The largest absolute Gasteiger partial charge is 0.478 e. The van der Waals surface area contributed by atoms with Gasteiger partial charge in [0.2, 0.25) is 0 Å². The van der Waals surface area contributed by atoms with Gasteiger partial charge in [-0.1, -0.05) is 6.92 Å². The maximum absolute atomic E-state index is 12.1. The van der Waals surface area contributed by atoms with Gasteiger partial charge in [0.1, 0.15) is 6.54 Å². The molecule has 1 aromatic heterocycles. The Morgan fingerprint density at radius 3 is 2.67 bits per heavy atom. The van der Waals surface area contributed by atoms with Crippen LogP contribution >= 0.6 is 0 Å². The van der Waals surface area contributed by atoms with Crippen LogP contribution in [-0.2, 0) is 9.53 Å². The molecule has 0 unspecified atom stereocenters. The van der Waals surface area contributed by atoms with Gasteiger partial charge in [-0.25, -0.2) is 9.59 Å². The Morgan fingerprint density at radius 2 is 2.10 bits per heavy atom. The third-order valence-electron chi connectivity index (χ3n) is 2.56. The molecule has 1 heterocycles. The Balaban J connectivity index is 2.78. The first-order valence-electron chi connectivity index (χ1n) is 6.29. The quantitative estimate of drug-likeness (QED) is 0.763. The number of aromatic nitrogens is 1. The summed E-state index contributed by atoms with van der Waals surface area (Å²) >= 11 is 0. The number of amides is 2. The zero-order valence-electron chi connectivity index (χ0n) is 11.8. The van der Waals surface area contributed by atoms with E-state index in [0.717, 1.165) is 0 Å². The van der Waals surface area contributed by atoms with E-state index in [1.165, 1.54) is 30.5 Å². The van der Waals surface area contributed by atoms with Gasteiger partial charge >= 0.3 is 18.0 Å². The summed E-state index contributed by atoms with van der Waals surface area (Å²) in [4.78, 5) is 39.2. The lowest BCUT2D eigenvalue weighted by Crippen LogP contribution is -2.39. The molecule has 0 radical (unpaired) electrons. The second-order valence-corrected chi connectivity index (χ2v) is 4.20. The molecule has 1 rings (SSSR count). The number of methoxy groups -OCH3 is 1. The van der Waals surface area contributed by atoms with Gasteiger partial charge in [-0.3, -0.25) is 9.78 Å². The summed E-state index contributed by atoms with van der Waals surface area (Å²) < 4.78 is 4.53. The van der Waals surface area contributed by atoms with E-state index in [2.05, 4.69) is 15.0 Å². The van der Waals surface area contributed by atoms with Crippen LogP contribution in [0.2, 0.25) is 0 Å². The topological polar surface area (TPSA) is 109 Å². The van der Waals surface area contributed by atoms with Crippen molar-refractivity contribution < 1.29 is 24.2 Å². The minimum absolute atomic E-state index is 0.0391. The number of ether oxygens (including phenoxy) is 1. The highest BCUT2D eigenvalue weighted by Gasteiger charge is 2.17. The monoisotopic (exact) mass is 295 g/mol. The Labute approximate surface area is 121 Å². The number of carboxylic acids is 1. The summed E-state index contributed by atoms with van der Waals surface area (Å²) in [5.41, 5.74) is 0.202. The minimum atomic E-state index is -1.14. The molecule has 0 saturated heterocycles. The average Bonchev–Trinajstić information content (AvgIpc) is 2.46. The van der Waals surface area contributed by atoms with Gasteiger partial charge < -0.3 is 20.1 Å². The van der Waals surface area contributed by atoms with Crippen LogP contribution in [0.5, 0.6) is 0 Å². The van der Waals surface area contributed by atoms with Crippen molar-refractivity contribution in [3.63, 3.8) is 0 Å². The number of carbonyl (C=O) groups is 3. The Bertz CT molecular complexity index is 532. The van der Waals surface area contributed by atoms with Crippen LogP contribution in [0.4, 0.5) is 10.5 Å². The number of rotatable bonds is 6. The zero-order valence-corrected chi connectivity index (χ0v) is 11.8.